The molecule has 0 aliphatic carbocycles. The van der Waals surface area contributed by atoms with Crippen LogP contribution in [-0.2, 0) is 4.74 Å². The maximum absolute atomic E-state index is 12.8. The summed E-state index contributed by atoms with van der Waals surface area (Å²) in [5.41, 5.74) is 3.11. The summed E-state index contributed by atoms with van der Waals surface area (Å²) in [6, 6.07) is 25.6. The minimum atomic E-state index is -0.552. The smallest absolute Gasteiger partial charge is 0.339 e. The number of Topliss-reactive ketones (excluding diaryl/α,β-unsaturated/α-hetero) is 1. The highest BCUT2D eigenvalue weighted by atomic mass is 79.9. The topological polar surface area (TPSA) is 56.3 Å². The first-order valence-corrected chi connectivity index (χ1v) is 9.82. The number of hydrogen-bond acceptors (Lipinski definition) is 4. The van der Waals surface area contributed by atoms with Crippen molar-refractivity contribution in [1.82, 2.24) is 4.98 Å². The van der Waals surface area contributed by atoms with Crippen LogP contribution in [0.1, 0.15) is 20.7 Å². The van der Waals surface area contributed by atoms with Gasteiger partial charge >= 0.3 is 5.97 Å². The molecule has 5 heteroatoms. The molecule has 0 atom stereocenters. The molecule has 1 aromatic heterocycles. The number of carbonyl (C=O) groups is 2. The van der Waals surface area contributed by atoms with E-state index in [1.165, 1.54) is 0 Å². The summed E-state index contributed by atoms with van der Waals surface area (Å²) in [5.74, 6) is -0.798. The van der Waals surface area contributed by atoms with Crippen LogP contribution in [0.25, 0.3) is 22.2 Å². The monoisotopic (exact) mass is 445 g/mol. The lowest BCUT2D eigenvalue weighted by molar-refractivity contribution is 0.0476. The summed E-state index contributed by atoms with van der Waals surface area (Å²) in [4.78, 5) is 29.8. The minimum Gasteiger partial charge on any atom is -0.454 e. The summed E-state index contributed by atoms with van der Waals surface area (Å²) in [6.45, 7) is -0.314. The number of esters is 1. The second-order valence-corrected chi connectivity index (χ2v) is 7.36. The summed E-state index contributed by atoms with van der Waals surface area (Å²) < 4.78 is 6.26. The van der Waals surface area contributed by atoms with Crippen LogP contribution in [0, 0.1) is 0 Å². The third-order valence-electron chi connectivity index (χ3n) is 4.49. The maximum Gasteiger partial charge on any atom is 0.339 e. The number of hydrogen-bond donors (Lipinski definition) is 0. The molecule has 0 bridgehead atoms. The van der Waals surface area contributed by atoms with Crippen molar-refractivity contribution in [3.8, 4) is 11.3 Å². The molecule has 4 aromatic rings. The van der Waals surface area contributed by atoms with Gasteiger partial charge in [0.2, 0.25) is 0 Å². The van der Waals surface area contributed by atoms with Gasteiger partial charge in [0, 0.05) is 21.0 Å². The van der Waals surface area contributed by atoms with Gasteiger partial charge in [-0.1, -0.05) is 76.6 Å². The van der Waals surface area contributed by atoms with E-state index in [4.69, 9.17) is 4.74 Å². The number of halogens is 1. The molecule has 0 spiro atoms. The predicted octanol–water partition coefficient (Wildman–Crippen LogP) is 5.70. The molecule has 0 unspecified atom stereocenters. The zero-order chi connectivity index (χ0) is 20.2. The normalized spacial score (nSPS) is 10.7. The molecule has 1 heterocycles. The maximum atomic E-state index is 12.8. The predicted molar refractivity (Wildman–Crippen MR) is 116 cm³/mol. The van der Waals surface area contributed by atoms with Crippen LogP contribution in [0.2, 0.25) is 0 Å². The third kappa shape index (κ3) is 4.25. The minimum absolute atomic E-state index is 0.246. The standard InChI is InChI=1S/C24H16BrNO3/c25-18-10-6-9-17(13-18)22-14-20(19-11-4-5-12-21(19)26-22)24(28)29-15-23(27)16-7-2-1-3-8-16/h1-14H,15H2. The Balaban J connectivity index is 1.66. The number of nitrogens with zero attached hydrogens (tertiary/aromatic N) is 1. The van der Waals surface area contributed by atoms with Crippen LogP contribution in [0.4, 0.5) is 0 Å². The fourth-order valence-electron chi connectivity index (χ4n) is 3.06. The van der Waals surface area contributed by atoms with E-state index < -0.39 is 5.97 Å². The molecule has 4 nitrogen and oxygen atoms in total. The number of fused-ring (bicyclic) bond motifs is 1. The summed E-state index contributed by atoms with van der Waals surface area (Å²) >= 11 is 3.46. The highest BCUT2D eigenvalue weighted by Gasteiger charge is 2.17. The quantitative estimate of drug-likeness (QED) is 0.291. The van der Waals surface area contributed by atoms with Gasteiger partial charge in [0.15, 0.2) is 12.4 Å². The second kappa shape index (κ2) is 8.37. The summed E-state index contributed by atoms with van der Waals surface area (Å²) in [7, 11) is 0. The fourth-order valence-corrected chi connectivity index (χ4v) is 3.46. The molecule has 142 valence electrons. The highest BCUT2D eigenvalue weighted by Crippen LogP contribution is 2.27. The average Bonchev–Trinajstić information content (AvgIpc) is 2.77. The molecule has 0 amide bonds. The van der Waals surface area contributed by atoms with Crippen molar-refractivity contribution in [2.45, 2.75) is 0 Å². The zero-order valence-electron chi connectivity index (χ0n) is 15.3. The third-order valence-corrected chi connectivity index (χ3v) is 4.98. The van der Waals surface area contributed by atoms with Crippen LogP contribution in [0.3, 0.4) is 0 Å². The molecule has 0 saturated carbocycles. The van der Waals surface area contributed by atoms with E-state index in [1.807, 2.05) is 54.6 Å². The van der Waals surface area contributed by atoms with Crippen molar-refractivity contribution in [2.75, 3.05) is 6.61 Å². The van der Waals surface area contributed by atoms with Gasteiger partial charge in [0.25, 0.3) is 0 Å². The average molecular weight is 446 g/mol. The SMILES string of the molecule is O=C(COC(=O)c1cc(-c2cccc(Br)c2)nc2ccccc12)c1ccccc1. The first-order chi connectivity index (χ1) is 14.1. The van der Waals surface area contributed by atoms with E-state index in [0.29, 0.717) is 27.7 Å². The van der Waals surface area contributed by atoms with Gasteiger partial charge in [-0.05, 0) is 24.3 Å². The second-order valence-electron chi connectivity index (χ2n) is 6.45. The van der Waals surface area contributed by atoms with Gasteiger partial charge in [0.05, 0.1) is 16.8 Å². The Morgan fingerprint density at radius 1 is 0.862 bits per heavy atom. The van der Waals surface area contributed by atoms with Crippen LogP contribution in [0.5, 0.6) is 0 Å². The highest BCUT2D eigenvalue weighted by molar-refractivity contribution is 9.10. The molecular weight excluding hydrogens is 430 g/mol. The molecule has 0 aliphatic heterocycles. The molecule has 0 saturated heterocycles. The number of pyridine rings is 1. The number of benzene rings is 3. The molecule has 0 N–H and O–H groups in total. The van der Waals surface area contributed by atoms with E-state index in [9.17, 15) is 9.59 Å². The van der Waals surface area contributed by atoms with Gasteiger partial charge in [-0.3, -0.25) is 4.79 Å². The number of rotatable bonds is 5. The number of ether oxygens (including phenoxy) is 1. The Morgan fingerprint density at radius 3 is 2.41 bits per heavy atom. The van der Waals surface area contributed by atoms with Crippen molar-refractivity contribution < 1.29 is 14.3 Å². The number of ketones is 1. The lowest BCUT2D eigenvalue weighted by atomic mass is 10.0. The van der Waals surface area contributed by atoms with Crippen LogP contribution in [0.15, 0.2) is 89.4 Å². The van der Waals surface area contributed by atoms with Gasteiger partial charge in [-0.25, -0.2) is 9.78 Å². The molecule has 3 aromatic carbocycles. The summed E-state index contributed by atoms with van der Waals surface area (Å²) in [5, 5.41) is 0.684. The van der Waals surface area contributed by atoms with Crippen molar-refractivity contribution in [2.24, 2.45) is 0 Å². The lowest BCUT2D eigenvalue weighted by Gasteiger charge is -2.10. The van der Waals surface area contributed by atoms with E-state index in [0.717, 1.165) is 10.0 Å². The molecule has 0 fully saturated rings. The molecular formula is C24H16BrNO3. The number of para-hydroxylation sites is 1. The molecule has 4 rings (SSSR count). The van der Waals surface area contributed by atoms with Crippen LogP contribution in [-0.4, -0.2) is 23.3 Å². The van der Waals surface area contributed by atoms with Gasteiger partial charge < -0.3 is 4.74 Å². The lowest BCUT2D eigenvalue weighted by Crippen LogP contribution is -2.14. The van der Waals surface area contributed by atoms with Crippen LogP contribution >= 0.6 is 15.9 Å². The molecule has 0 aliphatic rings. The Morgan fingerprint density at radius 2 is 1.62 bits per heavy atom. The Bertz CT molecular complexity index is 1210. The first-order valence-electron chi connectivity index (χ1n) is 9.03. The molecule has 29 heavy (non-hydrogen) atoms. The van der Waals surface area contributed by atoms with Gasteiger partial charge in [0.1, 0.15) is 0 Å². The zero-order valence-corrected chi connectivity index (χ0v) is 16.9. The summed E-state index contributed by atoms with van der Waals surface area (Å²) in [6.07, 6.45) is 0. The van der Waals surface area contributed by atoms with Gasteiger partial charge in [-0.2, -0.15) is 0 Å². The van der Waals surface area contributed by atoms with Crippen molar-refractivity contribution in [3.05, 3.63) is 101 Å². The van der Waals surface area contributed by atoms with Gasteiger partial charge in [-0.15, -0.1) is 0 Å². The first kappa shape index (κ1) is 19.0. The van der Waals surface area contributed by atoms with E-state index in [-0.39, 0.29) is 12.4 Å². The van der Waals surface area contributed by atoms with Crippen molar-refractivity contribution in [3.63, 3.8) is 0 Å². The number of carbonyl (C=O) groups excluding carboxylic acids is 2. The molecule has 0 radical (unpaired) electrons. The Kier molecular flexibility index (Phi) is 5.49. The van der Waals surface area contributed by atoms with E-state index in [2.05, 4.69) is 20.9 Å². The largest absolute Gasteiger partial charge is 0.454 e. The van der Waals surface area contributed by atoms with Crippen LogP contribution < -0.4 is 0 Å². The van der Waals surface area contributed by atoms with E-state index >= 15 is 0 Å². The Labute approximate surface area is 176 Å². The van der Waals surface area contributed by atoms with Crippen molar-refractivity contribution >= 4 is 38.6 Å². The Hall–Kier alpha value is -3.31. The number of aromatic nitrogens is 1. The van der Waals surface area contributed by atoms with E-state index in [1.54, 1.807) is 30.3 Å². The van der Waals surface area contributed by atoms with Crippen molar-refractivity contribution in [1.29, 1.82) is 0 Å². The fraction of sp³-hybridized carbons (Fsp3) is 0.0417.